The van der Waals surface area contributed by atoms with E-state index in [1.165, 1.54) is 6.08 Å². The van der Waals surface area contributed by atoms with Gasteiger partial charge in [0.25, 0.3) is 5.91 Å². The van der Waals surface area contributed by atoms with Crippen molar-refractivity contribution in [3.63, 3.8) is 0 Å². The number of hydrazine groups is 1. The fourth-order valence-electron chi connectivity index (χ4n) is 6.67. The van der Waals surface area contributed by atoms with Crippen LogP contribution in [0, 0.1) is 17.8 Å². The number of hydrogen-bond acceptors (Lipinski definition) is 10. The molecule has 4 aliphatic carbocycles. The number of nitrogens with one attached hydrogen (secondary N) is 4. The molecule has 3 fully saturated rings. The van der Waals surface area contributed by atoms with Crippen LogP contribution in [0.15, 0.2) is 72.4 Å². The normalized spacial score (nSPS) is 27.6. The van der Waals surface area contributed by atoms with Crippen molar-refractivity contribution in [3.05, 3.63) is 78.4 Å². The van der Waals surface area contributed by atoms with Gasteiger partial charge in [0.2, 0.25) is 21.8 Å². The maximum atomic E-state index is 13.9. The number of benzene rings is 2. The number of carbonyl (C=O) groups is 4. The lowest BCUT2D eigenvalue weighted by Crippen LogP contribution is -2.54. The molecule has 4 amide bonds. The second-order valence-corrected chi connectivity index (χ2v) is 14.7. The van der Waals surface area contributed by atoms with Gasteiger partial charge in [-0.1, -0.05) is 35.5 Å². The molecule has 0 saturated heterocycles. The van der Waals surface area contributed by atoms with Crippen LogP contribution in [0.25, 0.3) is 11.1 Å². The van der Waals surface area contributed by atoms with Crippen LogP contribution in [0.5, 0.6) is 5.75 Å². The highest BCUT2D eigenvalue weighted by Gasteiger charge is 2.62. The molecular formula is C34H35N5O9S. The van der Waals surface area contributed by atoms with Crippen LogP contribution in [-0.2, 0) is 34.0 Å². The average Bonchev–Trinajstić information content (AvgIpc) is 4.00. The minimum absolute atomic E-state index is 0.0461. The van der Waals surface area contributed by atoms with Crippen molar-refractivity contribution in [3.8, 4) is 16.9 Å². The van der Waals surface area contributed by atoms with Crippen molar-refractivity contribution in [2.24, 2.45) is 22.9 Å². The highest BCUT2D eigenvalue weighted by Crippen LogP contribution is 2.46. The first-order chi connectivity index (χ1) is 23.6. The second kappa shape index (κ2) is 12.7. The summed E-state index contributed by atoms with van der Waals surface area (Å²) in [5, 5.41) is 6.66. The zero-order valence-corrected chi connectivity index (χ0v) is 27.2. The first kappa shape index (κ1) is 32.4. The standard InChI is InChI=1S/C34H35N5O9S/c1-2-19-18-34(19,32(42)39-49(44,45)22-10-11-22)35-30(40)27-16-21-17-28(27)31(41)36-37-33(43)47-14-6-5-13-46-20-9-12-24-23-7-3-4-8-25(23)29(38-48-21)26(24)15-20/h2-9,12,15,19,21-22,27-28H,1,10-11,13-14,16-18H2,(H,35,40)(H,36,41)(H,37,43)(H,39,42)/t19-,21-,27-,28-,34-/m1/s1. The van der Waals surface area contributed by atoms with Gasteiger partial charge in [0.05, 0.1) is 17.1 Å². The Labute approximate surface area is 282 Å². The molecule has 0 spiro atoms. The molecule has 49 heavy (non-hydrogen) atoms. The van der Waals surface area contributed by atoms with E-state index < -0.39 is 68.5 Å². The fourth-order valence-corrected chi connectivity index (χ4v) is 8.03. The van der Waals surface area contributed by atoms with Gasteiger partial charge in [-0.25, -0.2) is 18.6 Å². The van der Waals surface area contributed by atoms with E-state index in [-0.39, 0.29) is 32.5 Å². The molecule has 2 aromatic rings. The molecule has 5 aliphatic rings. The first-order valence-corrected chi connectivity index (χ1v) is 17.6. The van der Waals surface area contributed by atoms with E-state index in [4.69, 9.17) is 14.3 Å². The largest absolute Gasteiger partial charge is 0.490 e. The van der Waals surface area contributed by atoms with Crippen LogP contribution in [0.2, 0.25) is 0 Å². The summed E-state index contributed by atoms with van der Waals surface area (Å²) < 4.78 is 38.2. The Morgan fingerprint density at radius 2 is 1.69 bits per heavy atom. The summed E-state index contributed by atoms with van der Waals surface area (Å²) in [6, 6.07) is 13.4. The molecule has 15 heteroatoms. The van der Waals surface area contributed by atoms with E-state index in [0.29, 0.717) is 24.3 Å². The summed E-state index contributed by atoms with van der Waals surface area (Å²) in [4.78, 5) is 58.9. The predicted octanol–water partition coefficient (Wildman–Crippen LogP) is 2.21. The van der Waals surface area contributed by atoms with Crippen LogP contribution in [0.4, 0.5) is 4.79 Å². The van der Waals surface area contributed by atoms with Crippen molar-refractivity contribution in [1.29, 1.82) is 0 Å². The van der Waals surface area contributed by atoms with Gasteiger partial charge in [0.1, 0.15) is 36.3 Å². The van der Waals surface area contributed by atoms with Crippen LogP contribution in [0.1, 0.15) is 43.2 Å². The summed E-state index contributed by atoms with van der Waals surface area (Å²) >= 11 is 0. The third-order valence-corrected chi connectivity index (χ3v) is 11.4. The minimum atomic E-state index is -3.88. The molecule has 0 unspecified atom stereocenters. The molecule has 5 atom stereocenters. The minimum Gasteiger partial charge on any atom is -0.490 e. The van der Waals surface area contributed by atoms with Crippen molar-refractivity contribution in [2.45, 2.75) is 49.0 Å². The Kier molecular flexibility index (Phi) is 8.38. The quantitative estimate of drug-likeness (QED) is 0.281. The van der Waals surface area contributed by atoms with E-state index >= 15 is 0 Å². The third-order valence-electron chi connectivity index (χ3n) is 9.56. The average molecular weight is 690 g/mol. The maximum absolute atomic E-state index is 13.9. The summed E-state index contributed by atoms with van der Waals surface area (Å²) in [6.07, 6.45) is 4.32. The van der Waals surface area contributed by atoms with E-state index in [2.05, 4.69) is 32.6 Å². The molecule has 0 aromatic heterocycles. The summed E-state index contributed by atoms with van der Waals surface area (Å²) in [7, 11) is -3.88. The summed E-state index contributed by atoms with van der Waals surface area (Å²) in [5.74, 6) is -4.10. The fraction of sp³-hybridized carbons (Fsp3) is 0.382. The molecule has 4 N–H and O–H groups in total. The predicted molar refractivity (Wildman–Crippen MR) is 175 cm³/mol. The number of hydrogen-bond donors (Lipinski definition) is 4. The lowest BCUT2D eigenvalue weighted by atomic mass is 9.94. The highest BCUT2D eigenvalue weighted by atomic mass is 32.2. The summed E-state index contributed by atoms with van der Waals surface area (Å²) in [6.45, 7) is 3.86. The van der Waals surface area contributed by atoms with Gasteiger partial charge in [-0.3, -0.25) is 24.5 Å². The maximum Gasteiger partial charge on any atom is 0.426 e. The lowest BCUT2D eigenvalue weighted by Gasteiger charge is -2.23. The number of carbonyl (C=O) groups excluding carboxylic acids is 4. The number of nitrogens with zero attached hydrogens (tertiary/aromatic N) is 1. The van der Waals surface area contributed by atoms with Gasteiger partial charge in [-0.15, -0.1) is 6.58 Å². The molecule has 1 aliphatic heterocycles. The molecule has 4 bridgehead atoms. The Morgan fingerprint density at radius 3 is 2.43 bits per heavy atom. The first-order valence-electron chi connectivity index (χ1n) is 16.1. The van der Waals surface area contributed by atoms with E-state index in [9.17, 15) is 27.6 Å². The summed E-state index contributed by atoms with van der Waals surface area (Å²) in [5.41, 5.74) is 7.10. The molecular weight excluding hydrogens is 654 g/mol. The lowest BCUT2D eigenvalue weighted by molar-refractivity contribution is -0.136. The molecule has 1 heterocycles. The number of oxime groups is 1. The number of cyclic esters (lactones) is 1. The van der Waals surface area contributed by atoms with E-state index in [1.807, 2.05) is 42.5 Å². The van der Waals surface area contributed by atoms with E-state index in [0.717, 1.165) is 22.3 Å². The molecule has 0 radical (unpaired) electrons. The SMILES string of the molecule is C=C[C@@H]1C[C@]1(NC(=O)[C@@H]1C[C@@H]2C[C@H]1C(=O)NNC(=O)OCC=CCOc1ccc3c(c1)C(=NO2)c1ccccc1-3)C(=O)NS(=O)(=O)C1CC1. The number of sulfonamides is 1. The van der Waals surface area contributed by atoms with Crippen molar-refractivity contribution in [1.82, 2.24) is 20.9 Å². The number of fused-ring (bicyclic) bond motifs is 6. The van der Waals surface area contributed by atoms with Gasteiger partial charge in [-0.05, 0) is 73.6 Å². The Bertz CT molecular complexity index is 1910. The molecule has 7 rings (SSSR count). The Morgan fingerprint density at radius 1 is 0.959 bits per heavy atom. The highest BCUT2D eigenvalue weighted by molar-refractivity contribution is 7.91. The zero-order chi connectivity index (χ0) is 34.3. The molecule has 256 valence electrons. The molecule has 2 aromatic carbocycles. The van der Waals surface area contributed by atoms with Crippen molar-refractivity contribution >= 4 is 39.5 Å². The zero-order valence-electron chi connectivity index (χ0n) is 26.3. The van der Waals surface area contributed by atoms with Gasteiger partial charge in [0, 0.05) is 17.0 Å². The molecule has 3 saturated carbocycles. The second-order valence-electron chi connectivity index (χ2n) is 12.8. The Hall–Kier alpha value is -5.18. The monoisotopic (exact) mass is 689 g/mol. The van der Waals surface area contributed by atoms with Crippen molar-refractivity contribution in [2.75, 3.05) is 13.2 Å². The van der Waals surface area contributed by atoms with E-state index in [1.54, 1.807) is 12.2 Å². The van der Waals surface area contributed by atoms with Gasteiger partial charge in [-0.2, -0.15) is 0 Å². The number of ether oxygens (including phenoxy) is 2. The van der Waals surface area contributed by atoms with Gasteiger partial charge in [0.15, 0.2) is 0 Å². The number of amides is 4. The van der Waals surface area contributed by atoms with Crippen molar-refractivity contribution < 1.29 is 41.9 Å². The third kappa shape index (κ3) is 6.37. The van der Waals surface area contributed by atoms with Gasteiger partial charge >= 0.3 is 6.09 Å². The topological polar surface area (TPSA) is 191 Å². The van der Waals surface area contributed by atoms with Gasteiger partial charge < -0.3 is 19.6 Å². The number of rotatable bonds is 6. The van der Waals surface area contributed by atoms with Crippen LogP contribution in [0.3, 0.4) is 0 Å². The van der Waals surface area contributed by atoms with Crippen LogP contribution < -0.4 is 25.6 Å². The Balaban J connectivity index is 1.16. The van der Waals surface area contributed by atoms with Crippen LogP contribution >= 0.6 is 0 Å². The molecule has 14 nitrogen and oxygen atoms in total. The smallest absolute Gasteiger partial charge is 0.426 e. The van der Waals surface area contributed by atoms with Crippen LogP contribution in [-0.4, -0.2) is 68.1 Å².